The van der Waals surface area contributed by atoms with E-state index in [0.717, 1.165) is 17.6 Å². The lowest BCUT2D eigenvalue weighted by atomic mass is 10.4. The zero-order valence-electron chi connectivity index (χ0n) is 7.69. The normalized spacial score (nSPS) is 10.6. The van der Waals surface area contributed by atoms with Crippen LogP contribution in [0.4, 0.5) is 0 Å². The first-order chi connectivity index (χ1) is 6.36. The van der Waals surface area contributed by atoms with E-state index < -0.39 is 0 Å². The van der Waals surface area contributed by atoms with Gasteiger partial charge in [-0.05, 0) is 13.0 Å². The van der Waals surface area contributed by atoms with Gasteiger partial charge in [0.15, 0.2) is 0 Å². The van der Waals surface area contributed by atoms with Crippen LogP contribution in [0, 0.1) is 0 Å². The van der Waals surface area contributed by atoms with E-state index in [2.05, 4.69) is 21.5 Å². The van der Waals surface area contributed by atoms with E-state index in [1.807, 2.05) is 12.3 Å². The van der Waals surface area contributed by atoms with Crippen LogP contribution in [0.2, 0.25) is 0 Å². The lowest BCUT2D eigenvalue weighted by molar-refractivity contribution is 0.400. The molecular formula is C9H11N3O. The van der Waals surface area contributed by atoms with Crippen LogP contribution in [-0.4, -0.2) is 21.6 Å². The number of nitrogens with zero attached hydrogens (tertiary/aromatic N) is 3. The molecule has 68 valence electrons. The van der Waals surface area contributed by atoms with Crippen molar-refractivity contribution in [1.29, 1.82) is 0 Å². The molecule has 0 aliphatic rings. The zero-order valence-corrected chi connectivity index (χ0v) is 7.69. The second-order valence-electron chi connectivity index (χ2n) is 2.72. The lowest BCUT2D eigenvalue weighted by Gasteiger charge is -2.03. The molecule has 0 bridgehead atoms. The average molecular weight is 177 g/mol. The summed E-state index contributed by atoms with van der Waals surface area (Å²) in [5.41, 5.74) is 1.89. The number of aromatic nitrogens is 3. The molecule has 0 aliphatic carbocycles. The summed E-state index contributed by atoms with van der Waals surface area (Å²) in [6.45, 7) is 2.97. The molecule has 4 nitrogen and oxygen atoms in total. The van der Waals surface area contributed by atoms with Gasteiger partial charge in [0.25, 0.3) is 0 Å². The minimum Gasteiger partial charge on any atom is -0.479 e. The number of hydrogen-bond donors (Lipinski definition) is 0. The maximum Gasteiger partial charge on any atom is 0.241 e. The highest BCUT2D eigenvalue weighted by atomic mass is 16.5. The van der Waals surface area contributed by atoms with Crippen LogP contribution in [0.15, 0.2) is 18.6 Å². The molecule has 0 aliphatic heterocycles. The van der Waals surface area contributed by atoms with Crippen LogP contribution in [0.1, 0.15) is 6.92 Å². The summed E-state index contributed by atoms with van der Waals surface area (Å²) in [4.78, 5) is 8.20. The fraction of sp³-hybridized carbons (Fsp3) is 0.333. The highest BCUT2D eigenvalue weighted by Gasteiger charge is 2.07. The smallest absolute Gasteiger partial charge is 0.241 e. The van der Waals surface area contributed by atoms with Gasteiger partial charge in [-0.2, -0.15) is 4.98 Å². The van der Waals surface area contributed by atoms with Crippen molar-refractivity contribution in [1.82, 2.24) is 14.5 Å². The van der Waals surface area contributed by atoms with Crippen molar-refractivity contribution in [2.75, 3.05) is 7.11 Å². The Morgan fingerprint density at radius 1 is 1.46 bits per heavy atom. The molecule has 2 heterocycles. The standard InChI is InChI=1S/C9H11N3O/c1-3-12-5-4-7-8(12)9(13-2)11-6-10-7/h4-6H,3H2,1-2H3. The predicted octanol–water partition coefficient (Wildman–Crippen LogP) is 1.46. The molecule has 0 aromatic carbocycles. The molecule has 0 fully saturated rings. The maximum absolute atomic E-state index is 5.16. The SMILES string of the molecule is CCn1ccc2ncnc(OC)c21. The molecule has 2 aromatic heterocycles. The third-order valence-corrected chi connectivity index (χ3v) is 2.05. The van der Waals surface area contributed by atoms with E-state index in [1.165, 1.54) is 6.33 Å². The lowest BCUT2D eigenvalue weighted by Crippen LogP contribution is -1.96. The van der Waals surface area contributed by atoms with Crippen LogP contribution in [0.5, 0.6) is 5.88 Å². The van der Waals surface area contributed by atoms with Crippen molar-refractivity contribution in [3.63, 3.8) is 0 Å². The largest absolute Gasteiger partial charge is 0.479 e. The first kappa shape index (κ1) is 8.04. The summed E-state index contributed by atoms with van der Waals surface area (Å²) < 4.78 is 7.22. The van der Waals surface area contributed by atoms with Crippen LogP contribution in [0.3, 0.4) is 0 Å². The highest BCUT2D eigenvalue weighted by molar-refractivity contribution is 5.80. The number of rotatable bonds is 2. The summed E-state index contributed by atoms with van der Waals surface area (Å²) in [5, 5.41) is 0. The molecular weight excluding hydrogens is 166 g/mol. The maximum atomic E-state index is 5.16. The summed E-state index contributed by atoms with van der Waals surface area (Å²) in [6.07, 6.45) is 3.50. The van der Waals surface area contributed by atoms with E-state index >= 15 is 0 Å². The first-order valence-electron chi connectivity index (χ1n) is 4.20. The minimum absolute atomic E-state index is 0.636. The molecule has 13 heavy (non-hydrogen) atoms. The number of methoxy groups -OCH3 is 1. The van der Waals surface area contributed by atoms with Crippen molar-refractivity contribution in [3.8, 4) is 5.88 Å². The Kier molecular flexibility index (Phi) is 1.88. The van der Waals surface area contributed by atoms with Gasteiger partial charge >= 0.3 is 0 Å². The predicted molar refractivity (Wildman–Crippen MR) is 49.8 cm³/mol. The monoisotopic (exact) mass is 177 g/mol. The number of aryl methyl sites for hydroxylation is 1. The van der Waals surface area contributed by atoms with Crippen LogP contribution in [0.25, 0.3) is 11.0 Å². The summed E-state index contributed by atoms with van der Waals surface area (Å²) >= 11 is 0. The van der Waals surface area contributed by atoms with E-state index in [-0.39, 0.29) is 0 Å². The Balaban J connectivity index is 2.76. The van der Waals surface area contributed by atoms with Crippen molar-refractivity contribution in [2.24, 2.45) is 0 Å². The molecule has 0 saturated heterocycles. The Morgan fingerprint density at radius 3 is 3.00 bits per heavy atom. The molecule has 2 rings (SSSR count). The van der Waals surface area contributed by atoms with Crippen molar-refractivity contribution >= 4 is 11.0 Å². The van der Waals surface area contributed by atoms with E-state index in [1.54, 1.807) is 7.11 Å². The third-order valence-electron chi connectivity index (χ3n) is 2.05. The number of hydrogen-bond acceptors (Lipinski definition) is 3. The molecule has 0 radical (unpaired) electrons. The fourth-order valence-electron chi connectivity index (χ4n) is 1.42. The second kappa shape index (κ2) is 3.05. The van der Waals surface area contributed by atoms with Gasteiger partial charge in [-0.1, -0.05) is 0 Å². The van der Waals surface area contributed by atoms with Gasteiger partial charge in [-0.15, -0.1) is 0 Å². The minimum atomic E-state index is 0.636. The van der Waals surface area contributed by atoms with Gasteiger partial charge in [-0.3, -0.25) is 0 Å². The van der Waals surface area contributed by atoms with Gasteiger partial charge in [-0.25, -0.2) is 4.98 Å². The molecule has 0 amide bonds. The van der Waals surface area contributed by atoms with Gasteiger partial charge in [0.05, 0.1) is 12.6 Å². The van der Waals surface area contributed by atoms with Crippen molar-refractivity contribution < 1.29 is 4.74 Å². The quantitative estimate of drug-likeness (QED) is 0.697. The van der Waals surface area contributed by atoms with E-state index in [0.29, 0.717) is 5.88 Å². The molecule has 0 N–H and O–H groups in total. The Hall–Kier alpha value is -1.58. The fourth-order valence-corrected chi connectivity index (χ4v) is 1.42. The average Bonchev–Trinajstić information content (AvgIpc) is 2.60. The Morgan fingerprint density at radius 2 is 2.31 bits per heavy atom. The van der Waals surface area contributed by atoms with Crippen LogP contribution < -0.4 is 4.74 Å². The van der Waals surface area contributed by atoms with Gasteiger partial charge in [0, 0.05) is 12.7 Å². The first-order valence-corrected chi connectivity index (χ1v) is 4.20. The van der Waals surface area contributed by atoms with Gasteiger partial charge in [0.1, 0.15) is 11.8 Å². The Bertz CT molecular complexity index is 422. The van der Waals surface area contributed by atoms with Crippen LogP contribution in [-0.2, 0) is 6.54 Å². The van der Waals surface area contributed by atoms with Gasteiger partial charge in [0.2, 0.25) is 5.88 Å². The third kappa shape index (κ3) is 1.14. The molecule has 0 atom stereocenters. The molecule has 2 aromatic rings. The summed E-state index contributed by atoms with van der Waals surface area (Å²) in [6, 6.07) is 1.96. The van der Waals surface area contributed by atoms with Crippen molar-refractivity contribution in [3.05, 3.63) is 18.6 Å². The molecule has 0 saturated carbocycles. The molecule has 0 unspecified atom stereocenters. The van der Waals surface area contributed by atoms with Crippen LogP contribution >= 0.6 is 0 Å². The highest BCUT2D eigenvalue weighted by Crippen LogP contribution is 2.21. The number of fused-ring (bicyclic) bond motifs is 1. The summed E-state index contributed by atoms with van der Waals surface area (Å²) in [7, 11) is 1.62. The topological polar surface area (TPSA) is 39.9 Å². The zero-order chi connectivity index (χ0) is 9.26. The number of ether oxygens (including phenoxy) is 1. The van der Waals surface area contributed by atoms with Crippen molar-refractivity contribution in [2.45, 2.75) is 13.5 Å². The molecule has 4 heteroatoms. The second-order valence-corrected chi connectivity index (χ2v) is 2.72. The van der Waals surface area contributed by atoms with Gasteiger partial charge < -0.3 is 9.30 Å². The Labute approximate surface area is 76.2 Å². The van der Waals surface area contributed by atoms with E-state index in [4.69, 9.17) is 4.74 Å². The summed E-state index contributed by atoms with van der Waals surface area (Å²) in [5.74, 6) is 0.636. The van der Waals surface area contributed by atoms with E-state index in [9.17, 15) is 0 Å². The molecule has 0 spiro atoms.